The summed E-state index contributed by atoms with van der Waals surface area (Å²) in [6.45, 7) is 0.523. The standard InChI is InChI=1S/C16H16O5S2/c17-4-1-13-14(19-7-11-2-5-22-9-11)15(16(18)21-13)20-8-12-3-6-23-10-12/h2-3,5-6,9-10,13,17H,1,4,7-8H2/t13-/m1/s1. The van der Waals surface area contributed by atoms with Gasteiger partial charge in [-0.25, -0.2) is 4.79 Å². The number of aliphatic hydroxyl groups excluding tert-OH is 1. The van der Waals surface area contributed by atoms with Crippen LogP contribution in [-0.4, -0.2) is 23.8 Å². The second-order valence-corrected chi connectivity index (χ2v) is 6.50. The van der Waals surface area contributed by atoms with Crippen LogP contribution in [0.25, 0.3) is 0 Å². The van der Waals surface area contributed by atoms with Crippen molar-refractivity contribution in [2.45, 2.75) is 25.7 Å². The van der Waals surface area contributed by atoms with E-state index in [9.17, 15) is 4.79 Å². The molecule has 0 saturated carbocycles. The number of carbonyl (C=O) groups excluding carboxylic acids is 1. The van der Waals surface area contributed by atoms with Gasteiger partial charge in [-0.15, -0.1) is 0 Å². The van der Waals surface area contributed by atoms with E-state index in [2.05, 4.69) is 0 Å². The van der Waals surface area contributed by atoms with E-state index in [1.807, 2.05) is 33.7 Å². The maximum absolute atomic E-state index is 12.0. The first kappa shape index (κ1) is 16.0. The van der Waals surface area contributed by atoms with E-state index in [-0.39, 0.29) is 25.4 Å². The average molecular weight is 352 g/mol. The predicted molar refractivity (Wildman–Crippen MR) is 86.8 cm³/mol. The summed E-state index contributed by atoms with van der Waals surface area (Å²) < 4.78 is 16.6. The molecule has 0 saturated heterocycles. The first-order chi connectivity index (χ1) is 11.3. The van der Waals surface area contributed by atoms with E-state index in [0.717, 1.165) is 11.1 Å². The summed E-state index contributed by atoms with van der Waals surface area (Å²) in [5, 5.41) is 17.0. The molecule has 1 aliphatic rings. The average Bonchev–Trinajstić information content (AvgIpc) is 3.26. The van der Waals surface area contributed by atoms with E-state index in [0.29, 0.717) is 12.4 Å². The van der Waals surface area contributed by atoms with E-state index < -0.39 is 12.1 Å². The molecule has 2 aromatic heterocycles. The first-order valence-corrected chi connectivity index (χ1v) is 9.00. The van der Waals surface area contributed by atoms with Crippen LogP contribution in [0.4, 0.5) is 0 Å². The van der Waals surface area contributed by atoms with Gasteiger partial charge in [0.05, 0.1) is 0 Å². The fourth-order valence-electron chi connectivity index (χ4n) is 2.15. The lowest BCUT2D eigenvalue weighted by molar-refractivity contribution is -0.143. The van der Waals surface area contributed by atoms with Gasteiger partial charge < -0.3 is 19.3 Å². The molecule has 1 atom stereocenters. The number of ether oxygens (including phenoxy) is 3. The number of aliphatic hydroxyl groups is 1. The molecule has 122 valence electrons. The zero-order chi connectivity index (χ0) is 16.1. The van der Waals surface area contributed by atoms with Gasteiger partial charge in [0, 0.05) is 13.0 Å². The van der Waals surface area contributed by atoms with Crippen LogP contribution in [0.3, 0.4) is 0 Å². The van der Waals surface area contributed by atoms with Crippen molar-refractivity contribution in [3.8, 4) is 0 Å². The van der Waals surface area contributed by atoms with Gasteiger partial charge in [-0.1, -0.05) is 0 Å². The summed E-state index contributed by atoms with van der Waals surface area (Å²) >= 11 is 3.14. The number of thiophene rings is 2. The molecule has 7 heteroatoms. The van der Waals surface area contributed by atoms with Crippen molar-refractivity contribution in [3.63, 3.8) is 0 Å². The number of hydrogen-bond donors (Lipinski definition) is 1. The topological polar surface area (TPSA) is 65.0 Å². The van der Waals surface area contributed by atoms with Gasteiger partial charge in [-0.2, -0.15) is 22.7 Å². The molecular formula is C16H16O5S2. The highest BCUT2D eigenvalue weighted by Gasteiger charge is 2.37. The highest BCUT2D eigenvalue weighted by atomic mass is 32.1. The summed E-state index contributed by atoms with van der Waals surface area (Å²) in [5.41, 5.74) is 2.00. The molecule has 0 aromatic carbocycles. The molecule has 0 aliphatic carbocycles. The summed E-state index contributed by atoms with van der Waals surface area (Å²) in [6, 6.07) is 3.89. The Morgan fingerprint density at radius 2 is 1.74 bits per heavy atom. The van der Waals surface area contributed by atoms with Gasteiger partial charge in [-0.05, 0) is 44.8 Å². The SMILES string of the molecule is O=C1O[C@H](CCO)C(OCc2ccsc2)=C1OCc1ccsc1. The molecule has 0 unspecified atom stereocenters. The van der Waals surface area contributed by atoms with Crippen molar-refractivity contribution in [1.29, 1.82) is 0 Å². The normalized spacial score (nSPS) is 17.4. The predicted octanol–water partition coefficient (Wildman–Crippen LogP) is 3.06. The largest absolute Gasteiger partial charge is 0.485 e. The van der Waals surface area contributed by atoms with Crippen molar-refractivity contribution in [1.82, 2.24) is 0 Å². The lowest BCUT2D eigenvalue weighted by Gasteiger charge is -2.13. The molecule has 2 aromatic rings. The lowest BCUT2D eigenvalue weighted by atomic mass is 10.2. The Hall–Kier alpha value is -1.83. The minimum absolute atomic E-state index is 0.0962. The summed E-state index contributed by atoms with van der Waals surface area (Å²) in [4.78, 5) is 12.0. The number of cyclic esters (lactones) is 1. The zero-order valence-electron chi connectivity index (χ0n) is 12.3. The van der Waals surface area contributed by atoms with Crippen LogP contribution in [-0.2, 0) is 32.2 Å². The number of rotatable bonds is 8. The Morgan fingerprint density at radius 3 is 2.30 bits per heavy atom. The Kier molecular flexibility index (Phi) is 5.32. The molecule has 1 aliphatic heterocycles. The van der Waals surface area contributed by atoms with Crippen LogP contribution in [0.2, 0.25) is 0 Å². The van der Waals surface area contributed by atoms with Crippen LogP contribution in [0, 0.1) is 0 Å². The maximum atomic E-state index is 12.0. The molecule has 0 spiro atoms. The van der Waals surface area contributed by atoms with E-state index in [1.165, 1.54) is 0 Å². The summed E-state index contributed by atoms with van der Waals surface area (Å²) in [7, 11) is 0. The maximum Gasteiger partial charge on any atom is 0.378 e. The molecule has 0 radical (unpaired) electrons. The van der Waals surface area contributed by atoms with Crippen LogP contribution >= 0.6 is 22.7 Å². The highest BCUT2D eigenvalue weighted by molar-refractivity contribution is 7.08. The monoisotopic (exact) mass is 352 g/mol. The van der Waals surface area contributed by atoms with Gasteiger partial charge in [0.2, 0.25) is 5.76 Å². The highest BCUT2D eigenvalue weighted by Crippen LogP contribution is 2.29. The van der Waals surface area contributed by atoms with Crippen molar-refractivity contribution in [3.05, 3.63) is 56.3 Å². The van der Waals surface area contributed by atoms with Gasteiger partial charge >= 0.3 is 5.97 Å². The van der Waals surface area contributed by atoms with Crippen LogP contribution in [0.1, 0.15) is 17.5 Å². The Bertz CT molecular complexity index is 661. The zero-order valence-corrected chi connectivity index (χ0v) is 13.9. The van der Waals surface area contributed by atoms with Gasteiger partial charge in [0.15, 0.2) is 11.9 Å². The first-order valence-electron chi connectivity index (χ1n) is 7.11. The van der Waals surface area contributed by atoms with Crippen molar-refractivity contribution < 1.29 is 24.1 Å². The Balaban J connectivity index is 1.73. The quantitative estimate of drug-likeness (QED) is 0.740. The smallest absolute Gasteiger partial charge is 0.378 e. The van der Waals surface area contributed by atoms with Crippen molar-refractivity contribution >= 4 is 28.6 Å². The third kappa shape index (κ3) is 3.93. The van der Waals surface area contributed by atoms with Gasteiger partial charge in [0.1, 0.15) is 13.2 Å². The summed E-state index contributed by atoms with van der Waals surface area (Å²) in [6.07, 6.45) is -0.306. The van der Waals surface area contributed by atoms with Crippen molar-refractivity contribution in [2.24, 2.45) is 0 Å². The number of hydrogen-bond acceptors (Lipinski definition) is 7. The molecule has 5 nitrogen and oxygen atoms in total. The lowest BCUT2D eigenvalue weighted by Crippen LogP contribution is -2.15. The Labute approximate surface area is 141 Å². The van der Waals surface area contributed by atoms with E-state index >= 15 is 0 Å². The van der Waals surface area contributed by atoms with Crippen LogP contribution < -0.4 is 0 Å². The fourth-order valence-corrected chi connectivity index (χ4v) is 3.45. The second kappa shape index (κ2) is 7.63. The van der Waals surface area contributed by atoms with E-state index in [1.54, 1.807) is 22.7 Å². The third-order valence-electron chi connectivity index (χ3n) is 3.28. The number of carbonyl (C=O) groups is 1. The molecule has 1 N–H and O–H groups in total. The molecule has 3 rings (SSSR count). The van der Waals surface area contributed by atoms with E-state index in [4.69, 9.17) is 19.3 Å². The molecule has 0 amide bonds. The minimum Gasteiger partial charge on any atom is -0.485 e. The Morgan fingerprint density at radius 1 is 1.09 bits per heavy atom. The second-order valence-electron chi connectivity index (χ2n) is 4.94. The van der Waals surface area contributed by atoms with Crippen molar-refractivity contribution in [2.75, 3.05) is 6.61 Å². The summed E-state index contributed by atoms with van der Waals surface area (Å²) in [5.74, 6) is -0.0747. The third-order valence-corrected chi connectivity index (χ3v) is 4.74. The van der Waals surface area contributed by atoms with Crippen LogP contribution in [0.15, 0.2) is 45.2 Å². The molecular weight excluding hydrogens is 336 g/mol. The molecule has 0 bridgehead atoms. The molecule has 3 heterocycles. The van der Waals surface area contributed by atoms with Gasteiger partial charge in [-0.3, -0.25) is 0 Å². The van der Waals surface area contributed by atoms with Crippen LogP contribution in [0.5, 0.6) is 0 Å². The molecule has 0 fully saturated rings. The molecule has 23 heavy (non-hydrogen) atoms. The number of esters is 1. The minimum atomic E-state index is -0.594. The fraction of sp³-hybridized carbons (Fsp3) is 0.312. The van der Waals surface area contributed by atoms with Gasteiger partial charge in [0.25, 0.3) is 0 Å².